The summed E-state index contributed by atoms with van der Waals surface area (Å²) in [6, 6.07) is 6.32. The summed E-state index contributed by atoms with van der Waals surface area (Å²) in [6.45, 7) is 13.5. The van der Waals surface area contributed by atoms with Gasteiger partial charge in [0.05, 0.1) is 6.54 Å². The van der Waals surface area contributed by atoms with E-state index in [0.29, 0.717) is 6.54 Å². The van der Waals surface area contributed by atoms with Gasteiger partial charge in [0.2, 0.25) is 12.7 Å². The molecule has 1 aromatic rings. The summed E-state index contributed by atoms with van der Waals surface area (Å²) in [4.78, 5) is 19.0. The zero-order valence-corrected chi connectivity index (χ0v) is 18.2. The van der Waals surface area contributed by atoms with Crippen LogP contribution in [-0.2, 0) is 10.2 Å². The fourth-order valence-corrected chi connectivity index (χ4v) is 3.64. The van der Waals surface area contributed by atoms with Crippen molar-refractivity contribution in [1.29, 1.82) is 0 Å². The molecule has 2 aliphatic rings. The molecule has 0 radical (unpaired) electrons. The highest BCUT2D eigenvalue weighted by atomic mass is 16.7. The Labute approximate surface area is 173 Å². The van der Waals surface area contributed by atoms with Crippen LogP contribution < -0.4 is 20.1 Å². The summed E-state index contributed by atoms with van der Waals surface area (Å²) in [7, 11) is 0. The van der Waals surface area contributed by atoms with Crippen LogP contribution in [0, 0.1) is 5.92 Å². The molecule has 0 saturated carbocycles. The number of guanidine groups is 1. The average molecular weight is 403 g/mol. The van der Waals surface area contributed by atoms with Crippen molar-refractivity contribution in [3.05, 3.63) is 23.8 Å². The van der Waals surface area contributed by atoms with Crippen LogP contribution in [0.25, 0.3) is 0 Å². The number of aliphatic imine (C=N–C) groups is 1. The predicted molar refractivity (Wildman–Crippen MR) is 115 cm³/mol. The third-order valence-electron chi connectivity index (χ3n) is 5.47. The first-order valence-corrected chi connectivity index (χ1v) is 10.5. The standard InChI is InChI=1S/C22H34N4O3/c1-6-23-21(25-17-9-10-26(12-17)20(27)15(2)3)24-13-22(4,5)16-7-8-18-19(11-16)29-14-28-18/h7-8,11,15,17H,6,9-10,12-14H2,1-5H3,(H2,23,24,25). The molecule has 0 spiro atoms. The van der Waals surface area contributed by atoms with Gasteiger partial charge in [0.15, 0.2) is 17.5 Å². The number of nitrogens with one attached hydrogen (secondary N) is 2. The predicted octanol–water partition coefficient (Wildman–Crippen LogP) is 2.50. The number of nitrogens with zero attached hydrogens (tertiary/aromatic N) is 2. The van der Waals surface area contributed by atoms with Gasteiger partial charge in [0.25, 0.3) is 0 Å². The number of likely N-dealkylation sites (tertiary alicyclic amines) is 1. The van der Waals surface area contributed by atoms with Gasteiger partial charge in [0, 0.05) is 37.0 Å². The van der Waals surface area contributed by atoms with E-state index in [1.54, 1.807) is 0 Å². The molecular formula is C22H34N4O3. The van der Waals surface area contributed by atoms with E-state index in [1.165, 1.54) is 0 Å². The van der Waals surface area contributed by atoms with Gasteiger partial charge in [-0.25, -0.2) is 0 Å². The van der Waals surface area contributed by atoms with Crippen LogP contribution in [0.2, 0.25) is 0 Å². The van der Waals surface area contributed by atoms with Crippen molar-refractivity contribution in [2.75, 3.05) is 33.0 Å². The highest BCUT2D eigenvalue weighted by Gasteiger charge is 2.28. The second kappa shape index (κ2) is 8.93. The van der Waals surface area contributed by atoms with Gasteiger partial charge in [-0.05, 0) is 31.0 Å². The molecule has 0 bridgehead atoms. The zero-order valence-electron chi connectivity index (χ0n) is 18.2. The number of amides is 1. The molecule has 0 aliphatic carbocycles. The minimum Gasteiger partial charge on any atom is -0.454 e. The SMILES string of the molecule is CCNC(=NCC(C)(C)c1ccc2c(c1)OCO2)NC1CCN(C(=O)C(C)C)C1. The third kappa shape index (κ3) is 5.14. The Balaban J connectivity index is 1.63. The first-order chi connectivity index (χ1) is 13.8. The number of rotatable bonds is 6. The van der Waals surface area contributed by atoms with E-state index in [-0.39, 0.29) is 30.1 Å². The minimum atomic E-state index is -0.154. The van der Waals surface area contributed by atoms with E-state index in [0.717, 1.165) is 49.1 Å². The first kappa shape index (κ1) is 21.3. The number of hydrogen-bond donors (Lipinski definition) is 2. The molecule has 2 heterocycles. The lowest BCUT2D eigenvalue weighted by Crippen LogP contribution is -2.45. The quantitative estimate of drug-likeness (QED) is 0.565. The maximum absolute atomic E-state index is 12.2. The molecule has 2 aliphatic heterocycles. The Morgan fingerprint density at radius 2 is 2.07 bits per heavy atom. The van der Waals surface area contributed by atoms with E-state index in [1.807, 2.05) is 30.9 Å². The summed E-state index contributed by atoms with van der Waals surface area (Å²) in [5, 5.41) is 6.84. The molecule has 1 aromatic carbocycles. The summed E-state index contributed by atoms with van der Waals surface area (Å²) >= 11 is 0. The summed E-state index contributed by atoms with van der Waals surface area (Å²) < 4.78 is 10.9. The Morgan fingerprint density at radius 1 is 1.31 bits per heavy atom. The largest absolute Gasteiger partial charge is 0.454 e. The van der Waals surface area contributed by atoms with Gasteiger partial charge in [0.1, 0.15) is 0 Å². The fourth-order valence-electron chi connectivity index (χ4n) is 3.64. The number of carbonyl (C=O) groups is 1. The number of carbonyl (C=O) groups excluding carboxylic acids is 1. The highest BCUT2D eigenvalue weighted by Crippen LogP contribution is 2.36. The van der Waals surface area contributed by atoms with E-state index in [4.69, 9.17) is 14.5 Å². The van der Waals surface area contributed by atoms with Crippen molar-refractivity contribution in [3.63, 3.8) is 0 Å². The molecule has 7 nitrogen and oxygen atoms in total. The third-order valence-corrected chi connectivity index (χ3v) is 5.47. The van der Waals surface area contributed by atoms with E-state index < -0.39 is 0 Å². The van der Waals surface area contributed by atoms with Crippen molar-refractivity contribution in [2.45, 2.75) is 52.5 Å². The van der Waals surface area contributed by atoms with E-state index in [2.05, 4.69) is 37.5 Å². The Morgan fingerprint density at radius 3 is 2.79 bits per heavy atom. The molecule has 0 aromatic heterocycles. The van der Waals surface area contributed by atoms with Crippen LogP contribution in [0.1, 0.15) is 46.6 Å². The molecule has 1 unspecified atom stereocenters. The lowest BCUT2D eigenvalue weighted by Gasteiger charge is -2.25. The van der Waals surface area contributed by atoms with Crippen molar-refractivity contribution in [2.24, 2.45) is 10.9 Å². The Kier molecular flexibility index (Phi) is 6.55. The normalized spacial score (nSPS) is 19.0. The van der Waals surface area contributed by atoms with Gasteiger partial charge in [-0.3, -0.25) is 9.79 Å². The monoisotopic (exact) mass is 402 g/mol. The fraction of sp³-hybridized carbons (Fsp3) is 0.636. The molecule has 1 fully saturated rings. The van der Waals surface area contributed by atoms with Crippen LogP contribution in [0.5, 0.6) is 11.5 Å². The molecule has 1 saturated heterocycles. The minimum absolute atomic E-state index is 0.0400. The van der Waals surface area contributed by atoms with Gasteiger partial charge in [-0.1, -0.05) is 33.8 Å². The van der Waals surface area contributed by atoms with Gasteiger partial charge in [-0.15, -0.1) is 0 Å². The number of ether oxygens (including phenoxy) is 2. The smallest absolute Gasteiger partial charge is 0.231 e. The van der Waals surface area contributed by atoms with Crippen molar-refractivity contribution >= 4 is 11.9 Å². The lowest BCUT2D eigenvalue weighted by atomic mass is 9.84. The maximum atomic E-state index is 12.2. The van der Waals surface area contributed by atoms with Crippen molar-refractivity contribution in [1.82, 2.24) is 15.5 Å². The molecule has 3 rings (SSSR count). The highest BCUT2D eigenvalue weighted by molar-refractivity contribution is 5.81. The van der Waals surface area contributed by atoms with Gasteiger partial charge < -0.3 is 25.0 Å². The molecule has 2 N–H and O–H groups in total. The second-order valence-corrected chi connectivity index (χ2v) is 8.72. The molecule has 7 heteroatoms. The van der Waals surface area contributed by atoms with Crippen molar-refractivity contribution in [3.8, 4) is 11.5 Å². The van der Waals surface area contributed by atoms with Crippen molar-refractivity contribution < 1.29 is 14.3 Å². The first-order valence-electron chi connectivity index (χ1n) is 10.5. The van der Waals surface area contributed by atoms with Crippen LogP contribution >= 0.6 is 0 Å². The zero-order chi connectivity index (χ0) is 21.0. The van der Waals surface area contributed by atoms with E-state index >= 15 is 0 Å². The number of fused-ring (bicyclic) bond motifs is 1. The topological polar surface area (TPSA) is 75.2 Å². The van der Waals surface area contributed by atoms with E-state index in [9.17, 15) is 4.79 Å². The molecule has 1 atom stereocenters. The summed E-state index contributed by atoms with van der Waals surface area (Å²) in [5.74, 6) is 2.65. The van der Waals surface area contributed by atoms with Gasteiger partial charge in [-0.2, -0.15) is 0 Å². The molecule has 29 heavy (non-hydrogen) atoms. The summed E-state index contributed by atoms with van der Waals surface area (Å²) in [5.41, 5.74) is 1.01. The Hall–Kier alpha value is -2.44. The van der Waals surface area contributed by atoms with Crippen LogP contribution in [0.4, 0.5) is 0 Å². The van der Waals surface area contributed by atoms with Crippen LogP contribution in [0.15, 0.2) is 23.2 Å². The summed E-state index contributed by atoms with van der Waals surface area (Å²) in [6.07, 6.45) is 0.939. The Bertz CT molecular complexity index is 760. The molecular weight excluding hydrogens is 368 g/mol. The number of hydrogen-bond acceptors (Lipinski definition) is 4. The molecule has 1 amide bonds. The van der Waals surface area contributed by atoms with Crippen LogP contribution in [0.3, 0.4) is 0 Å². The second-order valence-electron chi connectivity index (χ2n) is 8.72. The van der Waals surface area contributed by atoms with Crippen LogP contribution in [-0.4, -0.2) is 55.8 Å². The average Bonchev–Trinajstić information content (AvgIpc) is 3.34. The number of benzene rings is 1. The molecule has 160 valence electrons. The van der Waals surface area contributed by atoms with Gasteiger partial charge >= 0.3 is 0 Å². The lowest BCUT2D eigenvalue weighted by molar-refractivity contribution is -0.133. The maximum Gasteiger partial charge on any atom is 0.231 e.